The van der Waals surface area contributed by atoms with E-state index in [0.717, 1.165) is 19.4 Å². The molecule has 0 radical (unpaired) electrons. The van der Waals surface area contributed by atoms with Crippen molar-refractivity contribution in [2.45, 2.75) is 25.7 Å². The fourth-order valence-electron chi connectivity index (χ4n) is 1.54. The maximum Gasteiger partial charge on any atom is 0.426 e. The van der Waals surface area contributed by atoms with Crippen LogP contribution in [0.1, 0.15) is 25.7 Å². The van der Waals surface area contributed by atoms with Gasteiger partial charge in [-0.25, -0.2) is 0 Å². The summed E-state index contributed by atoms with van der Waals surface area (Å²) in [7, 11) is -2.28. The van der Waals surface area contributed by atoms with E-state index in [1.807, 2.05) is 4.57 Å². The second kappa shape index (κ2) is 3.69. The molecule has 6 heteroatoms. The maximum absolute atomic E-state index is 11.5. The third kappa shape index (κ3) is 1.61. The molecular weight excluding hydrogens is 190 g/mol. The second-order valence-electron chi connectivity index (χ2n) is 3.16. The lowest BCUT2D eigenvalue weighted by molar-refractivity contribution is -0.127. The Morgan fingerprint density at radius 3 is 2.83 bits per heavy atom. The summed E-state index contributed by atoms with van der Waals surface area (Å²) in [5.41, 5.74) is 0. The molecule has 0 aromatic carbocycles. The molecule has 0 spiro atoms. The Morgan fingerprint density at radius 1 is 1.33 bits per heavy atom. The van der Waals surface area contributed by atoms with Crippen molar-refractivity contribution in [2.75, 3.05) is 6.54 Å². The predicted octanol–water partition coefficient (Wildman–Crippen LogP) is -0.848. The van der Waals surface area contributed by atoms with E-state index in [-0.39, 0.29) is 5.91 Å². The van der Waals surface area contributed by atoms with E-state index >= 15 is 0 Å². The summed E-state index contributed by atoms with van der Waals surface area (Å²) >= 11 is 0. The second-order valence-corrected chi connectivity index (χ2v) is 7.30. The molecule has 1 amide bonds. The first-order chi connectivity index (χ1) is 5.88. The third-order valence-electron chi connectivity index (χ3n) is 2.29. The highest BCUT2D eigenvalue weighted by Crippen LogP contribution is 2.15. The minimum Gasteiger partial charge on any atom is -0.406 e. The zero-order valence-corrected chi connectivity index (χ0v) is 9.56. The Labute approximate surface area is 75.8 Å². The molecule has 0 saturated carbocycles. The van der Waals surface area contributed by atoms with Gasteiger partial charge in [-0.2, -0.15) is 0 Å². The van der Waals surface area contributed by atoms with Crippen molar-refractivity contribution < 1.29 is 13.0 Å². The molecule has 0 unspecified atom stereocenters. The molecule has 2 fully saturated rings. The van der Waals surface area contributed by atoms with Crippen molar-refractivity contribution in [3.8, 4) is 0 Å². The summed E-state index contributed by atoms with van der Waals surface area (Å²) < 4.78 is 12.6. The quantitative estimate of drug-likeness (QED) is 0.521. The standard InChI is InChI=1S/C6H13NO3Si2/c8-6-4-2-1-3-5-7(6)12-9-11-10-12/h12H,1-5,11H2. The minimum absolute atomic E-state index is 0.248. The molecule has 2 saturated heterocycles. The van der Waals surface area contributed by atoms with Gasteiger partial charge in [-0.05, 0) is 12.8 Å². The van der Waals surface area contributed by atoms with Crippen LogP contribution in [0, 0.1) is 0 Å². The van der Waals surface area contributed by atoms with Crippen molar-refractivity contribution in [3.63, 3.8) is 0 Å². The monoisotopic (exact) mass is 203 g/mol. The molecule has 0 aromatic heterocycles. The van der Waals surface area contributed by atoms with Crippen molar-refractivity contribution in [1.29, 1.82) is 0 Å². The van der Waals surface area contributed by atoms with Crippen LogP contribution in [-0.2, 0) is 13.0 Å². The minimum atomic E-state index is -1.62. The zero-order valence-electron chi connectivity index (χ0n) is 6.99. The summed E-state index contributed by atoms with van der Waals surface area (Å²) in [4.78, 5) is 11.5. The Hall–Kier alpha value is -0.176. The van der Waals surface area contributed by atoms with Gasteiger partial charge in [0, 0.05) is 13.0 Å². The molecule has 4 nitrogen and oxygen atoms in total. The molecule has 12 heavy (non-hydrogen) atoms. The lowest BCUT2D eigenvalue weighted by Crippen LogP contribution is -2.55. The number of carbonyl (C=O) groups is 1. The van der Waals surface area contributed by atoms with Gasteiger partial charge in [0.15, 0.2) is 0 Å². The van der Waals surface area contributed by atoms with E-state index in [0.29, 0.717) is 6.42 Å². The van der Waals surface area contributed by atoms with E-state index in [1.165, 1.54) is 6.42 Å². The topological polar surface area (TPSA) is 38.8 Å². The lowest BCUT2D eigenvalue weighted by atomic mass is 10.2. The molecule has 2 heterocycles. The Morgan fingerprint density at radius 2 is 2.17 bits per heavy atom. The Balaban J connectivity index is 1.95. The predicted molar refractivity (Wildman–Crippen MR) is 48.0 cm³/mol. The van der Waals surface area contributed by atoms with Crippen LogP contribution in [-0.4, -0.2) is 36.5 Å². The number of amides is 1. The highest BCUT2D eigenvalue weighted by atomic mass is 28.4. The van der Waals surface area contributed by atoms with Gasteiger partial charge in [0.1, 0.15) is 0 Å². The largest absolute Gasteiger partial charge is 0.426 e. The van der Waals surface area contributed by atoms with E-state index in [1.54, 1.807) is 0 Å². The van der Waals surface area contributed by atoms with Gasteiger partial charge < -0.3 is 12.8 Å². The van der Waals surface area contributed by atoms with Gasteiger partial charge in [-0.3, -0.25) is 4.79 Å². The van der Waals surface area contributed by atoms with Crippen molar-refractivity contribution in [2.24, 2.45) is 0 Å². The molecule has 0 atom stereocenters. The van der Waals surface area contributed by atoms with Crippen LogP contribution in [0.15, 0.2) is 0 Å². The van der Waals surface area contributed by atoms with Crippen LogP contribution in [0.5, 0.6) is 0 Å². The highest BCUT2D eigenvalue weighted by Gasteiger charge is 2.34. The van der Waals surface area contributed by atoms with E-state index < -0.39 is 19.5 Å². The molecule has 0 aliphatic carbocycles. The van der Waals surface area contributed by atoms with Crippen molar-refractivity contribution in [1.82, 2.24) is 4.57 Å². The summed E-state index contributed by atoms with van der Waals surface area (Å²) in [6.45, 7) is 0.865. The first-order valence-corrected chi connectivity index (χ1v) is 7.02. The molecule has 0 bridgehead atoms. The van der Waals surface area contributed by atoms with Crippen LogP contribution in [0.4, 0.5) is 0 Å². The Bertz CT molecular complexity index is 186. The molecule has 68 valence electrons. The van der Waals surface area contributed by atoms with Crippen LogP contribution in [0.2, 0.25) is 0 Å². The fourth-order valence-corrected chi connectivity index (χ4v) is 4.76. The summed E-state index contributed by atoms with van der Waals surface area (Å²) in [6.07, 6.45) is 4.01. The van der Waals surface area contributed by atoms with Gasteiger partial charge in [0.2, 0.25) is 5.91 Å². The summed E-state index contributed by atoms with van der Waals surface area (Å²) in [5.74, 6) is 0.248. The summed E-state index contributed by atoms with van der Waals surface area (Å²) in [6, 6.07) is 0. The van der Waals surface area contributed by atoms with Crippen LogP contribution in [0.3, 0.4) is 0 Å². The normalized spacial score (nSPS) is 33.2. The molecule has 2 aliphatic rings. The summed E-state index contributed by atoms with van der Waals surface area (Å²) in [5, 5.41) is 0. The SMILES string of the molecule is O=C1CCCCCN1[SiH]1O[SiH2]O1. The van der Waals surface area contributed by atoms with Crippen LogP contribution >= 0.6 is 0 Å². The van der Waals surface area contributed by atoms with Crippen LogP contribution < -0.4 is 0 Å². The molecule has 0 aromatic rings. The van der Waals surface area contributed by atoms with Gasteiger partial charge in [0.25, 0.3) is 10.0 Å². The average Bonchev–Trinajstić information content (AvgIpc) is 2.13. The highest BCUT2D eigenvalue weighted by molar-refractivity contribution is 6.64. The van der Waals surface area contributed by atoms with Crippen molar-refractivity contribution in [3.05, 3.63) is 0 Å². The van der Waals surface area contributed by atoms with Crippen molar-refractivity contribution >= 4 is 25.4 Å². The first-order valence-electron chi connectivity index (χ1n) is 4.40. The van der Waals surface area contributed by atoms with Crippen LogP contribution in [0.25, 0.3) is 0 Å². The van der Waals surface area contributed by atoms with Gasteiger partial charge in [0.05, 0.1) is 0 Å². The first kappa shape index (κ1) is 8.42. The zero-order chi connectivity index (χ0) is 8.39. The van der Waals surface area contributed by atoms with E-state index in [4.69, 9.17) is 8.23 Å². The molecule has 0 N–H and O–H groups in total. The van der Waals surface area contributed by atoms with Gasteiger partial charge in [-0.1, -0.05) is 6.42 Å². The number of hydrogen-bond acceptors (Lipinski definition) is 3. The average molecular weight is 203 g/mol. The maximum atomic E-state index is 11.5. The van der Waals surface area contributed by atoms with Gasteiger partial charge >= 0.3 is 9.45 Å². The van der Waals surface area contributed by atoms with E-state index in [9.17, 15) is 4.79 Å². The number of nitrogens with zero attached hydrogens (tertiary/aromatic N) is 1. The lowest BCUT2D eigenvalue weighted by Gasteiger charge is -2.34. The molecule has 2 rings (SSSR count). The number of hydrogen-bond donors (Lipinski definition) is 0. The van der Waals surface area contributed by atoms with Gasteiger partial charge in [-0.15, -0.1) is 0 Å². The Kier molecular flexibility index (Phi) is 2.59. The molecular formula is C6H13NO3Si2. The molecule has 2 aliphatic heterocycles. The number of carbonyl (C=O) groups excluding carboxylic acids is 1. The number of rotatable bonds is 1. The smallest absolute Gasteiger partial charge is 0.406 e. The fraction of sp³-hybridized carbons (Fsp3) is 0.833. The third-order valence-corrected chi connectivity index (χ3v) is 6.71. The van der Waals surface area contributed by atoms with E-state index in [2.05, 4.69) is 0 Å².